The molecule has 0 saturated heterocycles. The summed E-state index contributed by atoms with van der Waals surface area (Å²) in [6, 6.07) is 1.91. The van der Waals surface area contributed by atoms with Gasteiger partial charge >= 0.3 is 0 Å². The third kappa shape index (κ3) is 2.06. The predicted octanol–water partition coefficient (Wildman–Crippen LogP) is 1.24. The maximum absolute atomic E-state index is 4.03. The van der Waals surface area contributed by atoms with Crippen LogP contribution in [0.3, 0.4) is 0 Å². The quantitative estimate of drug-likeness (QED) is 0.600. The summed E-state index contributed by atoms with van der Waals surface area (Å²) in [6.45, 7) is 7.99. The highest BCUT2D eigenvalue weighted by molar-refractivity contribution is 5.44. The highest BCUT2D eigenvalue weighted by atomic mass is 14.6. The van der Waals surface area contributed by atoms with Crippen LogP contribution >= 0.6 is 0 Å². The summed E-state index contributed by atoms with van der Waals surface area (Å²) in [6.07, 6.45) is 7.72. The van der Waals surface area contributed by atoms with E-state index in [1.807, 2.05) is 19.2 Å². The fourth-order valence-electron chi connectivity index (χ4n) is 0.894. The van der Waals surface area contributed by atoms with Gasteiger partial charge in [0.1, 0.15) is 0 Å². The van der Waals surface area contributed by atoms with Gasteiger partial charge in [0.15, 0.2) is 0 Å². The van der Waals surface area contributed by atoms with Crippen molar-refractivity contribution in [2.75, 3.05) is 0 Å². The number of rotatable bonds is 1. The largest absolute Gasteiger partial charge is 0.264 e. The summed E-state index contributed by atoms with van der Waals surface area (Å²) in [5.41, 5.74) is 1.23. The zero-order chi connectivity index (χ0) is 8.97. The first-order chi connectivity index (χ1) is 5.74. The zero-order valence-corrected chi connectivity index (χ0v) is 7.54. The van der Waals surface area contributed by atoms with Crippen molar-refractivity contribution in [3.63, 3.8) is 0 Å². The maximum Gasteiger partial charge on any atom is 0.0346 e. The molecule has 62 valence electrons. The van der Waals surface area contributed by atoms with Crippen molar-refractivity contribution in [2.45, 2.75) is 13.8 Å². The van der Waals surface area contributed by atoms with Crippen molar-refractivity contribution in [1.29, 1.82) is 0 Å². The molecule has 0 atom stereocenters. The molecule has 1 heterocycles. The highest BCUT2D eigenvalue weighted by Gasteiger charge is 1.82. The minimum absolute atomic E-state index is 1.02. The van der Waals surface area contributed by atoms with Gasteiger partial charge in [0.2, 0.25) is 0 Å². The van der Waals surface area contributed by atoms with E-state index in [0.717, 1.165) is 10.4 Å². The third-order valence-electron chi connectivity index (χ3n) is 1.78. The van der Waals surface area contributed by atoms with Crippen LogP contribution in [0.2, 0.25) is 0 Å². The molecule has 0 amide bonds. The first-order valence-electron chi connectivity index (χ1n) is 3.97. The molecule has 1 aromatic rings. The molecular weight excluding hydrogens is 146 g/mol. The lowest BCUT2D eigenvalue weighted by Gasteiger charge is -1.89. The molecule has 1 rings (SSSR count). The van der Waals surface area contributed by atoms with Crippen LogP contribution in [0.1, 0.15) is 13.8 Å². The Kier molecular flexibility index (Phi) is 2.81. The molecular formula is C11H13N. The van der Waals surface area contributed by atoms with Crippen molar-refractivity contribution in [3.8, 4) is 0 Å². The van der Waals surface area contributed by atoms with E-state index in [1.54, 1.807) is 6.20 Å². The monoisotopic (exact) mass is 159 g/mol. The number of aromatic nitrogens is 1. The van der Waals surface area contributed by atoms with Gasteiger partial charge in [-0.25, -0.2) is 0 Å². The fourth-order valence-corrected chi connectivity index (χ4v) is 0.894. The summed E-state index contributed by atoms with van der Waals surface area (Å²) in [5, 5.41) is 2.11. The van der Waals surface area contributed by atoms with Crippen molar-refractivity contribution in [3.05, 3.63) is 40.5 Å². The van der Waals surface area contributed by atoms with Gasteiger partial charge in [-0.2, -0.15) is 0 Å². The molecule has 0 fully saturated rings. The van der Waals surface area contributed by atoms with Crippen molar-refractivity contribution in [1.82, 2.24) is 4.98 Å². The number of hydrogen-bond donors (Lipinski definition) is 0. The van der Waals surface area contributed by atoms with Gasteiger partial charge in [0.25, 0.3) is 0 Å². The van der Waals surface area contributed by atoms with Gasteiger partial charge in [0.05, 0.1) is 0 Å². The van der Waals surface area contributed by atoms with Crippen LogP contribution in [0.25, 0.3) is 12.7 Å². The van der Waals surface area contributed by atoms with Crippen LogP contribution < -0.4 is 10.4 Å². The van der Waals surface area contributed by atoms with Gasteiger partial charge in [0, 0.05) is 12.4 Å². The molecule has 0 aliphatic rings. The van der Waals surface area contributed by atoms with E-state index in [0.29, 0.717) is 0 Å². The van der Waals surface area contributed by atoms with E-state index in [2.05, 4.69) is 30.6 Å². The van der Waals surface area contributed by atoms with Crippen LogP contribution in [0, 0.1) is 0 Å². The SMILES string of the molecule is C=c1ccnc/c1=C/C(C)=C\C. The topological polar surface area (TPSA) is 12.9 Å². The normalized spacial score (nSPS) is 13.5. The second kappa shape index (κ2) is 3.86. The summed E-state index contributed by atoms with van der Waals surface area (Å²) < 4.78 is 0. The van der Waals surface area contributed by atoms with Crippen LogP contribution in [0.5, 0.6) is 0 Å². The third-order valence-corrected chi connectivity index (χ3v) is 1.78. The van der Waals surface area contributed by atoms with Crippen molar-refractivity contribution >= 4 is 12.7 Å². The van der Waals surface area contributed by atoms with Crippen molar-refractivity contribution < 1.29 is 0 Å². The smallest absolute Gasteiger partial charge is 0.0346 e. The molecule has 0 aliphatic carbocycles. The standard InChI is InChI=1S/C11H13N/c1-4-9(2)7-11-8-12-6-5-10(11)3/h4-8H,3H2,1-2H3/b9-4-,11-7-. The molecule has 0 saturated carbocycles. The summed E-state index contributed by atoms with van der Waals surface area (Å²) in [7, 11) is 0. The van der Waals surface area contributed by atoms with Gasteiger partial charge < -0.3 is 0 Å². The highest BCUT2D eigenvalue weighted by Crippen LogP contribution is 1.90. The Balaban J connectivity index is 3.29. The molecule has 0 aromatic carbocycles. The van der Waals surface area contributed by atoms with E-state index < -0.39 is 0 Å². The number of nitrogens with zero attached hydrogens (tertiary/aromatic N) is 1. The van der Waals surface area contributed by atoms with E-state index in [1.165, 1.54) is 5.57 Å². The minimum atomic E-state index is 1.02. The van der Waals surface area contributed by atoms with E-state index in [4.69, 9.17) is 0 Å². The first-order valence-corrected chi connectivity index (χ1v) is 3.97. The second-order valence-electron chi connectivity index (χ2n) is 2.75. The van der Waals surface area contributed by atoms with E-state index >= 15 is 0 Å². The minimum Gasteiger partial charge on any atom is -0.264 e. The van der Waals surface area contributed by atoms with E-state index in [9.17, 15) is 0 Å². The lowest BCUT2D eigenvalue weighted by Crippen LogP contribution is -2.22. The Hall–Kier alpha value is -1.37. The number of hydrogen-bond acceptors (Lipinski definition) is 1. The van der Waals surface area contributed by atoms with Crippen LogP contribution in [-0.4, -0.2) is 4.98 Å². The molecule has 0 radical (unpaired) electrons. The molecule has 0 aliphatic heterocycles. The Labute approximate surface area is 72.8 Å². The van der Waals surface area contributed by atoms with Crippen molar-refractivity contribution in [2.24, 2.45) is 0 Å². The molecule has 1 aromatic heterocycles. The fraction of sp³-hybridized carbons (Fsp3) is 0.182. The molecule has 1 heteroatoms. The Morgan fingerprint density at radius 3 is 2.92 bits per heavy atom. The van der Waals surface area contributed by atoms with Gasteiger partial charge in [-0.1, -0.05) is 24.3 Å². The predicted molar refractivity (Wildman–Crippen MR) is 52.9 cm³/mol. The summed E-state index contributed by atoms with van der Waals surface area (Å²) in [5.74, 6) is 0. The van der Waals surface area contributed by atoms with Gasteiger partial charge in [-0.05, 0) is 30.4 Å². The lowest BCUT2D eigenvalue weighted by atomic mass is 10.2. The summed E-state index contributed by atoms with van der Waals surface area (Å²) in [4.78, 5) is 4.03. The Bertz CT molecular complexity index is 388. The van der Waals surface area contributed by atoms with Crippen LogP contribution in [0.15, 0.2) is 30.1 Å². The molecule has 1 nitrogen and oxygen atoms in total. The van der Waals surface area contributed by atoms with E-state index in [-0.39, 0.29) is 0 Å². The van der Waals surface area contributed by atoms with Crippen LogP contribution in [-0.2, 0) is 0 Å². The average molecular weight is 159 g/mol. The number of pyridine rings is 1. The molecule has 0 unspecified atom stereocenters. The second-order valence-corrected chi connectivity index (χ2v) is 2.75. The van der Waals surface area contributed by atoms with Gasteiger partial charge in [-0.15, -0.1) is 0 Å². The first kappa shape index (κ1) is 8.72. The summed E-state index contributed by atoms with van der Waals surface area (Å²) >= 11 is 0. The Morgan fingerprint density at radius 2 is 2.33 bits per heavy atom. The lowest BCUT2D eigenvalue weighted by molar-refractivity contribution is 1.27. The average Bonchev–Trinajstić information content (AvgIpc) is 2.09. The molecule has 0 N–H and O–H groups in total. The maximum atomic E-state index is 4.03. The van der Waals surface area contributed by atoms with Crippen LogP contribution in [0.4, 0.5) is 0 Å². The zero-order valence-electron chi connectivity index (χ0n) is 7.54. The molecule has 0 bridgehead atoms. The Morgan fingerprint density at radius 1 is 1.58 bits per heavy atom. The van der Waals surface area contributed by atoms with Gasteiger partial charge in [-0.3, -0.25) is 4.98 Å². The number of allylic oxidation sites excluding steroid dienone is 2. The molecule has 0 spiro atoms. The molecule has 12 heavy (non-hydrogen) atoms.